The molecule has 2 rings (SSSR count). The smallest absolute Gasteiger partial charge is 0.253 e. The van der Waals surface area contributed by atoms with Crippen LogP contribution < -0.4 is 4.74 Å². The molecule has 2 aromatic rings. The molecule has 0 saturated heterocycles. The fraction of sp³-hybridized carbons (Fsp3) is 0.304. The lowest BCUT2D eigenvalue weighted by atomic mass is 9.86. The monoisotopic (exact) mass is 365 g/mol. The minimum atomic E-state index is -0.123. The van der Waals surface area contributed by atoms with E-state index in [1.54, 1.807) is 51.5 Å². The molecule has 0 aliphatic heterocycles. The van der Waals surface area contributed by atoms with Crippen molar-refractivity contribution in [3.05, 3.63) is 70.8 Å². The maximum absolute atomic E-state index is 12.5. The normalized spacial score (nSPS) is 11.5. The highest BCUT2D eigenvalue weighted by Crippen LogP contribution is 2.28. The number of carbonyl (C=O) groups is 2. The second-order valence-electron chi connectivity index (χ2n) is 7.68. The molecular weight excluding hydrogens is 338 g/mol. The number of allylic oxidation sites excluding steroid dienone is 1. The van der Waals surface area contributed by atoms with Gasteiger partial charge in [0.2, 0.25) is 0 Å². The summed E-state index contributed by atoms with van der Waals surface area (Å²) in [4.78, 5) is 25.9. The standard InChI is InChI=1S/C23H27NO3/c1-23(2,3)19-12-14-21(27-6)18(15-19)11-13-20(25)16-7-9-17(10-8-16)22(26)24(4)5/h7-15H,1-6H3/b13-11+. The summed E-state index contributed by atoms with van der Waals surface area (Å²) in [6.45, 7) is 6.43. The molecule has 27 heavy (non-hydrogen) atoms. The Morgan fingerprint density at radius 1 is 0.963 bits per heavy atom. The van der Waals surface area contributed by atoms with Gasteiger partial charge in [-0.25, -0.2) is 0 Å². The first kappa shape index (κ1) is 20.4. The van der Waals surface area contributed by atoms with Crippen molar-refractivity contribution >= 4 is 17.8 Å². The minimum absolute atomic E-state index is 0.00762. The SMILES string of the molecule is COc1ccc(C(C)(C)C)cc1/C=C/C(=O)c1ccc(C(=O)N(C)C)cc1. The molecule has 0 heterocycles. The number of carbonyl (C=O) groups excluding carboxylic acids is 2. The van der Waals surface area contributed by atoms with E-state index in [0.29, 0.717) is 11.1 Å². The molecule has 4 heteroatoms. The molecule has 2 aromatic carbocycles. The van der Waals surface area contributed by atoms with E-state index in [0.717, 1.165) is 11.3 Å². The number of methoxy groups -OCH3 is 1. The van der Waals surface area contributed by atoms with Crippen LogP contribution in [-0.2, 0) is 5.41 Å². The summed E-state index contributed by atoms with van der Waals surface area (Å²) in [5.41, 5.74) is 3.13. The van der Waals surface area contributed by atoms with Gasteiger partial charge in [-0.3, -0.25) is 9.59 Å². The average molecular weight is 365 g/mol. The summed E-state index contributed by atoms with van der Waals surface area (Å²) in [7, 11) is 5.01. The molecule has 0 spiro atoms. The lowest BCUT2D eigenvalue weighted by Gasteiger charge is -2.20. The molecule has 142 valence electrons. The highest BCUT2D eigenvalue weighted by molar-refractivity contribution is 6.07. The van der Waals surface area contributed by atoms with Gasteiger partial charge in [0.05, 0.1) is 7.11 Å². The second kappa shape index (κ2) is 8.21. The lowest BCUT2D eigenvalue weighted by Crippen LogP contribution is -2.21. The number of ether oxygens (including phenoxy) is 1. The van der Waals surface area contributed by atoms with Crippen LogP contribution >= 0.6 is 0 Å². The Hall–Kier alpha value is -2.88. The van der Waals surface area contributed by atoms with Gasteiger partial charge in [0.25, 0.3) is 5.91 Å². The number of nitrogens with zero attached hydrogens (tertiary/aromatic N) is 1. The van der Waals surface area contributed by atoms with Crippen LogP contribution in [0.3, 0.4) is 0 Å². The number of benzene rings is 2. The molecule has 0 aromatic heterocycles. The van der Waals surface area contributed by atoms with Gasteiger partial charge in [0, 0.05) is 30.8 Å². The molecular formula is C23H27NO3. The van der Waals surface area contributed by atoms with Crippen molar-refractivity contribution in [3.63, 3.8) is 0 Å². The van der Waals surface area contributed by atoms with Crippen LogP contribution in [0.25, 0.3) is 6.08 Å². The fourth-order valence-electron chi connectivity index (χ4n) is 2.63. The Labute approximate surface area is 161 Å². The van der Waals surface area contributed by atoms with Gasteiger partial charge in [-0.2, -0.15) is 0 Å². The van der Waals surface area contributed by atoms with E-state index in [4.69, 9.17) is 4.74 Å². The summed E-state index contributed by atoms with van der Waals surface area (Å²) in [5.74, 6) is 0.509. The first-order valence-corrected chi connectivity index (χ1v) is 8.86. The number of rotatable bonds is 5. The van der Waals surface area contributed by atoms with Crippen LogP contribution in [0.5, 0.6) is 5.75 Å². The zero-order valence-corrected chi connectivity index (χ0v) is 16.9. The quantitative estimate of drug-likeness (QED) is 0.575. The maximum atomic E-state index is 12.5. The van der Waals surface area contributed by atoms with Crippen LogP contribution in [0.15, 0.2) is 48.5 Å². The Morgan fingerprint density at radius 3 is 2.07 bits per heavy atom. The second-order valence-corrected chi connectivity index (χ2v) is 7.68. The van der Waals surface area contributed by atoms with Crippen molar-refractivity contribution in [1.82, 2.24) is 4.90 Å². The van der Waals surface area contributed by atoms with E-state index in [9.17, 15) is 9.59 Å². The van der Waals surface area contributed by atoms with Crippen molar-refractivity contribution in [1.29, 1.82) is 0 Å². The molecule has 0 aliphatic carbocycles. The molecule has 0 radical (unpaired) electrons. The predicted octanol–water partition coefficient (Wildman–Crippen LogP) is 4.59. The zero-order chi connectivity index (χ0) is 20.2. The van der Waals surface area contributed by atoms with Crippen LogP contribution in [0, 0.1) is 0 Å². The van der Waals surface area contributed by atoms with Gasteiger partial charge in [-0.05, 0) is 47.4 Å². The Kier molecular flexibility index (Phi) is 6.21. The van der Waals surface area contributed by atoms with E-state index in [1.807, 2.05) is 18.2 Å². The van der Waals surface area contributed by atoms with Gasteiger partial charge in [0.15, 0.2) is 5.78 Å². The van der Waals surface area contributed by atoms with Crippen molar-refractivity contribution in [2.24, 2.45) is 0 Å². The van der Waals surface area contributed by atoms with E-state index in [1.165, 1.54) is 16.5 Å². The van der Waals surface area contributed by atoms with Gasteiger partial charge < -0.3 is 9.64 Å². The van der Waals surface area contributed by atoms with Gasteiger partial charge in [-0.15, -0.1) is 0 Å². The predicted molar refractivity (Wildman–Crippen MR) is 110 cm³/mol. The number of hydrogen-bond donors (Lipinski definition) is 0. The summed E-state index contributed by atoms with van der Waals surface area (Å²) in [5, 5.41) is 0. The van der Waals surface area contributed by atoms with E-state index in [-0.39, 0.29) is 17.1 Å². The van der Waals surface area contributed by atoms with Crippen LogP contribution in [0.1, 0.15) is 52.6 Å². The third kappa shape index (κ3) is 5.07. The molecule has 0 bridgehead atoms. The molecule has 0 saturated carbocycles. The summed E-state index contributed by atoms with van der Waals surface area (Å²) in [6.07, 6.45) is 3.31. The largest absolute Gasteiger partial charge is 0.496 e. The van der Waals surface area contributed by atoms with E-state index < -0.39 is 0 Å². The summed E-state index contributed by atoms with van der Waals surface area (Å²) < 4.78 is 5.41. The molecule has 1 amide bonds. The molecule has 4 nitrogen and oxygen atoms in total. The zero-order valence-electron chi connectivity index (χ0n) is 16.9. The number of ketones is 1. The van der Waals surface area contributed by atoms with Crippen molar-refractivity contribution in [3.8, 4) is 5.75 Å². The van der Waals surface area contributed by atoms with E-state index >= 15 is 0 Å². The molecule has 0 unspecified atom stereocenters. The highest BCUT2D eigenvalue weighted by Gasteiger charge is 2.15. The first-order valence-electron chi connectivity index (χ1n) is 8.86. The molecule has 0 fully saturated rings. The lowest BCUT2D eigenvalue weighted by molar-refractivity contribution is 0.0827. The Balaban J connectivity index is 2.25. The van der Waals surface area contributed by atoms with Crippen molar-refractivity contribution < 1.29 is 14.3 Å². The molecule has 0 atom stereocenters. The molecule has 0 aliphatic rings. The van der Waals surface area contributed by atoms with Crippen molar-refractivity contribution in [2.45, 2.75) is 26.2 Å². The highest BCUT2D eigenvalue weighted by atomic mass is 16.5. The van der Waals surface area contributed by atoms with Gasteiger partial charge >= 0.3 is 0 Å². The Bertz CT molecular complexity index is 856. The molecule has 0 N–H and O–H groups in total. The third-order valence-electron chi connectivity index (χ3n) is 4.33. The van der Waals surface area contributed by atoms with Crippen molar-refractivity contribution in [2.75, 3.05) is 21.2 Å². The van der Waals surface area contributed by atoms with Gasteiger partial charge in [-0.1, -0.05) is 39.0 Å². The third-order valence-corrected chi connectivity index (χ3v) is 4.33. The summed E-state index contributed by atoms with van der Waals surface area (Å²) in [6, 6.07) is 12.7. The van der Waals surface area contributed by atoms with Crippen LogP contribution in [0.4, 0.5) is 0 Å². The van der Waals surface area contributed by atoms with Crippen LogP contribution in [0.2, 0.25) is 0 Å². The fourth-order valence-corrected chi connectivity index (χ4v) is 2.63. The minimum Gasteiger partial charge on any atom is -0.496 e. The number of amides is 1. The van der Waals surface area contributed by atoms with Gasteiger partial charge in [0.1, 0.15) is 5.75 Å². The van der Waals surface area contributed by atoms with E-state index in [2.05, 4.69) is 20.8 Å². The average Bonchev–Trinajstić information content (AvgIpc) is 2.64. The number of hydrogen-bond acceptors (Lipinski definition) is 3. The maximum Gasteiger partial charge on any atom is 0.253 e. The Morgan fingerprint density at radius 2 is 1.56 bits per heavy atom. The summed E-state index contributed by atoms with van der Waals surface area (Å²) >= 11 is 0. The topological polar surface area (TPSA) is 46.6 Å². The first-order chi connectivity index (χ1) is 12.6. The van der Waals surface area contributed by atoms with Crippen LogP contribution in [-0.4, -0.2) is 37.8 Å².